The molecule has 0 spiro atoms. The van der Waals surface area contributed by atoms with Gasteiger partial charge in [0, 0.05) is 19.5 Å². The summed E-state index contributed by atoms with van der Waals surface area (Å²) in [6.07, 6.45) is 1.07. The van der Waals surface area contributed by atoms with Gasteiger partial charge in [0.15, 0.2) is 0 Å². The van der Waals surface area contributed by atoms with Crippen molar-refractivity contribution in [3.8, 4) is 0 Å². The standard InChI is InChI=1S/C6H12N2O.H2S/c1-5(9)8-6-2-3-7-4-6;/h6-7H,2-4H2,1H3,(H,8,9);1H2/t6-;/m0./s1. The van der Waals surface area contributed by atoms with Crippen LogP contribution in [0.5, 0.6) is 0 Å². The topological polar surface area (TPSA) is 41.1 Å². The van der Waals surface area contributed by atoms with Crippen molar-refractivity contribution < 1.29 is 4.79 Å². The van der Waals surface area contributed by atoms with Gasteiger partial charge in [0.1, 0.15) is 0 Å². The van der Waals surface area contributed by atoms with Gasteiger partial charge in [-0.2, -0.15) is 13.5 Å². The SMILES string of the molecule is CC(=O)N[C@H]1CCNC1.S. The van der Waals surface area contributed by atoms with Crippen molar-refractivity contribution in [2.45, 2.75) is 19.4 Å². The predicted molar refractivity (Wildman–Crippen MR) is 45.5 cm³/mol. The van der Waals surface area contributed by atoms with Crippen molar-refractivity contribution >= 4 is 19.4 Å². The van der Waals surface area contributed by atoms with E-state index in [1.165, 1.54) is 0 Å². The third kappa shape index (κ3) is 3.08. The van der Waals surface area contributed by atoms with Gasteiger partial charge in [0.2, 0.25) is 5.91 Å². The number of rotatable bonds is 1. The van der Waals surface area contributed by atoms with Crippen molar-refractivity contribution in [3.63, 3.8) is 0 Å². The molecule has 1 aliphatic rings. The van der Waals surface area contributed by atoms with Crippen LogP contribution in [0, 0.1) is 0 Å². The summed E-state index contributed by atoms with van der Waals surface area (Å²) in [7, 11) is 0. The lowest BCUT2D eigenvalue weighted by Gasteiger charge is -2.07. The van der Waals surface area contributed by atoms with Crippen LogP contribution in [0.2, 0.25) is 0 Å². The van der Waals surface area contributed by atoms with E-state index in [9.17, 15) is 4.79 Å². The molecule has 1 saturated heterocycles. The van der Waals surface area contributed by atoms with Crippen LogP contribution in [0.1, 0.15) is 13.3 Å². The summed E-state index contributed by atoms with van der Waals surface area (Å²) in [4.78, 5) is 10.5. The average Bonchev–Trinajstić information content (AvgIpc) is 2.15. The van der Waals surface area contributed by atoms with Crippen molar-refractivity contribution in [1.82, 2.24) is 10.6 Å². The normalized spacial score (nSPS) is 23.5. The molecule has 0 aromatic rings. The Morgan fingerprint density at radius 2 is 2.40 bits per heavy atom. The van der Waals surface area contributed by atoms with E-state index >= 15 is 0 Å². The van der Waals surface area contributed by atoms with Gasteiger partial charge in [0.25, 0.3) is 0 Å². The van der Waals surface area contributed by atoms with Gasteiger partial charge in [-0.25, -0.2) is 0 Å². The molecule has 1 fully saturated rings. The van der Waals surface area contributed by atoms with E-state index in [0.717, 1.165) is 19.5 Å². The number of nitrogens with one attached hydrogen (secondary N) is 2. The molecule has 1 amide bonds. The van der Waals surface area contributed by atoms with Crippen molar-refractivity contribution in [3.05, 3.63) is 0 Å². The zero-order valence-electron chi connectivity index (χ0n) is 6.11. The maximum absolute atomic E-state index is 10.5. The highest BCUT2D eigenvalue weighted by Crippen LogP contribution is 1.95. The summed E-state index contributed by atoms with van der Waals surface area (Å²) in [6, 6.07) is 0.377. The highest BCUT2D eigenvalue weighted by atomic mass is 32.1. The van der Waals surface area contributed by atoms with Crippen molar-refractivity contribution in [1.29, 1.82) is 0 Å². The molecule has 0 unspecified atom stereocenters. The Morgan fingerprint density at radius 3 is 2.80 bits per heavy atom. The Kier molecular flexibility index (Phi) is 4.47. The predicted octanol–water partition coefficient (Wildman–Crippen LogP) is -0.403. The lowest BCUT2D eigenvalue weighted by atomic mass is 10.3. The molecule has 0 aromatic heterocycles. The second-order valence-electron chi connectivity index (χ2n) is 2.39. The smallest absolute Gasteiger partial charge is 0.217 e. The van der Waals surface area contributed by atoms with Gasteiger partial charge < -0.3 is 10.6 Å². The number of hydrogen-bond acceptors (Lipinski definition) is 2. The molecule has 4 heteroatoms. The van der Waals surface area contributed by atoms with Crippen LogP contribution in [-0.4, -0.2) is 25.0 Å². The molecule has 0 aliphatic carbocycles. The van der Waals surface area contributed by atoms with Crippen LogP contribution in [-0.2, 0) is 4.79 Å². The van der Waals surface area contributed by atoms with Gasteiger partial charge in [-0.05, 0) is 13.0 Å². The molecule has 0 saturated carbocycles. The first kappa shape index (κ1) is 9.78. The zero-order chi connectivity index (χ0) is 6.69. The molecule has 0 bridgehead atoms. The first-order valence-corrected chi connectivity index (χ1v) is 3.27. The molecule has 3 nitrogen and oxygen atoms in total. The minimum atomic E-state index is 0. The lowest BCUT2D eigenvalue weighted by Crippen LogP contribution is -2.34. The second-order valence-corrected chi connectivity index (χ2v) is 2.39. The summed E-state index contributed by atoms with van der Waals surface area (Å²) >= 11 is 0. The maximum Gasteiger partial charge on any atom is 0.217 e. The van der Waals surface area contributed by atoms with E-state index in [1.807, 2.05) is 0 Å². The third-order valence-electron chi connectivity index (χ3n) is 1.47. The van der Waals surface area contributed by atoms with Crippen LogP contribution >= 0.6 is 13.5 Å². The lowest BCUT2D eigenvalue weighted by molar-refractivity contribution is -0.119. The van der Waals surface area contributed by atoms with Crippen LogP contribution in [0.25, 0.3) is 0 Å². The molecule has 0 radical (unpaired) electrons. The van der Waals surface area contributed by atoms with Gasteiger partial charge >= 0.3 is 0 Å². The third-order valence-corrected chi connectivity index (χ3v) is 1.47. The van der Waals surface area contributed by atoms with Gasteiger partial charge in [-0.3, -0.25) is 4.79 Å². The minimum Gasteiger partial charge on any atom is -0.352 e. The van der Waals surface area contributed by atoms with E-state index < -0.39 is 0 Å². The summed E-state index contributed by atoms with van der Waals surface area (Å²) in [5.41, 5.74) is 0. The van der Waals surface area contributed by atoms with Crippen molar-refractivity contribution in [2.24, 2.45) is 0 Å². The molecular formula is C6H14N2OS. The molecule has 0 aromatic carbocycles. The summed E-state index contributed by atoms with van der Waals surface area (Å²) in [5, 5.41) is 6.00. The van der Waals surface area contributed by atoms with Crippen LogP contribution in [0.15, 0.2) is 0 Å². The Hall–Kier alpha value is -0.220. The molecule has 10 heavy (non-hydrogen) atoms. The average molecular weight is 162 g/mol. The highest BCUT2D eigenvalue weighted by Gasteiger charge is 2.13. The fourth-order valence-corrected chi connectivity index (χ4v) is 1.07. The number of amides is 1. The Bertz CT molecular complexity index is 112. The van der Waals surface area contributed by atoms with E-state index in [0.29, 0.717) is 6.04 Å². The monoisotopic (exact) mass is 162 g/mol. The Labute approximate surface area is 68.0 Å². The maximum atomic E-state index is 10.5. The molecule has 1 heterocycles. The quantitative estimate of drug-likeness (QED) is 0.551. The Balaban J connectivity index is 0.000000810. The number of carbonyl (C=O) groups excluding carboxylic acids is 1. The second kappa shape index (κ2) is 4.57. The molecule has 60 valence electrons. The van der Waals surface area contributed by atoms with Gasteiger partial charge in [0.05, 0.1) is 0 Å². The van der Waals surface area contributed by atoms with Crippen LogP contribution in [0.4, 0.5) is 0 Å². The van der Waals surface area contributed by atoms with Gasteiger partial charge in [-0.1, -0.05) is 0 Å². The van der Waals surface area contributed by atoms with Crippen molar-refractivity contribution in [2.75, 3.05) is 13.1 Å². The van der Waals surface area contributed by atoms with Gasteiger partial charge in [-0.15, -0.1) is 0 Å². The molecule has 1 rings (SSSR count). The fraction of sp³-hybridized carbons (Fsp3) is 0.833. The molecular weight excluding hydrogens is 148 g/mol. The molecule has 1 aliphatic heterocycles. The minimum absolute atomic E-state index is 0. The largest absolute Gasteiger partial charge is 0.352 e. The van der Waals surface area contributed by atoms with Crippen LogP contribution in [0.3, 0.4) is 0 Å². The molecule has 1 atom stereocenters. The summed E-state index contributed by atoms with van der Waals surface area (Å²) < 4.78 is 0. The number of carbonyl (C=O) groups is 1. The highest BCUT2D eigenvalue weighted by molar-refractivity contribution is 7.59. The summed E-state index contributed by atoms with van der Waals surface area (Å²) in [6.45, 7) is 3.52. The molecule has 2 N–H and O–H groups in total. The fourth-order valence-electron chi connectivity index (χ4n) is 1.07. The van der Waals surface area contributed by atoms with E-state index in [-0.39, 0.29) is 19.4 Å². The Morgan fingerprint density at radius 1 is 1.70 bits per heavy atom. The zero-order valence-corrected chi connectivity index (χ0v) is 7.11. The van der Waals surface area contributed by atoms with E-state index in [4.69, 9.17) is 0 Å². The first-order valence-electron chi connectivity index (χ1n) is 3.27. The van der Waals surface area contributed by atoms with E-state index in [1.54, 1.807) is 6.92 Å². The number of hydrogen-bond donors (Lipinski definition) is 2. The first-order chi connectivity index (χ1) is 4.29. The van der Waals surface area contributed by atoms with E-state index in [2.05, 4.69) is 10.6 Å². The van der Waals surface area contributed by atoms with Crippen LogP contribution < -0.4 is 10.6 Å². The summed E-state index contributed by atoms with van der Waals surface area (Å²) in [5.74, 6) is 0.0729.